The zero-order chi connectivity index (χ0) is 15.6. The summed E-state index contributed by atoms with van der Waals surface area (Å²) in [4.78, 5) is -0.0239. The predicted octanol–water partition coefficient (Wildman–Crippen LogP) is 6.21. The van der Waals surface area contributed by atoms with E-state index in [1.54, 1.807) is 14.2 Å². The molecule has 2 rings (SSSR count). The van der Waals surface area contributed by atoms with Crippen LogP contribution in [0.1, 0.15) is 16.0 Å². The fourth-order valence-electron chi connectivity index (χ4n) is 1.97. The van der Waals surface area contributed by atoms with Gasteiger partial charge in [0.2, 0.25) is 0 Å². The van der Waals surface area contributed by atoms with Gasteiger partial charge >= 0.3 is 0 Å². The van der Waals surface area contributed by atoms with Crippen LogP contribution in [0.4, 0.5) is 0 Å². The summed E-state index contributed by atoms with van der Waals surface area (Å²) in [5, 5.41) is 0.740. The molecule has 0 aromatic heterocycles. The summed E-state index contributed by atoms with van der Waals surface area (Å²) < 4.78 is 12.6. The third-order valence-corrected chi connectivity index (χ3v) is 6.37. The van der Waals surface area contributed by atoms with E-state index < -0.39 is 0 Å². The van der Waals surface area contributed by atoms with Crippen LogP contribution in [0.5, 0.6) is 11.5 Å². The minimum Gasteiger partial charge on any atom is -0.495 e. The van der Waals surface area contributed by atoms with Gasteiger partial charge in [-0.2, -0.15) is 0 Å². The molecule has 0 amide bonds. The second kappa shape index (κ2) is 7.53. The number of hydrogen-bond donors (Lipinski definition) is 0. The molecule has 1 unspecified atom stereocenters. The average molecular weight is 546 g/mol. The Hall–Kier alpha value is 0.0200. The summed E-state index contributed by atoms with van der Waals surface area (Å²) in [7, 11) is 3.27. The summed E-state index contributed by atoms with van der Waals surface area (Å²) in [6, 6.07) is 9.89. The van der Waals surface area contributed by atoms with Crippen LogP contribution in [0.15, 0.2) is 34.8 Å². The molecule has 0 N–H and O–H groups in total. The second-order valence-electron chi connectivity index (χ2n) is 4.24. The highest BCUT2D eigenvalue weighted by molar-refractivity contribution is 14.1. The van der Waals surface area contributed by atoms with Gasteiger partial charge in [0.05, 0.1) is 24.1 Å². The van der Waals surface area contributed by atoms with Crippen molar-refractivity contribution < 1.29 is 9.47 Å². The first-order valence-electron chi connectivity index (χ1n) is 5.99. The van der Waals surface area contributed by atoms with E-state index in [2.05, 4.69) is 54.5 Å². The van der Waals surface area contributed by atoms with Crippen LogP contribution in [-0.2, 0) is 0 Å². The maximum atomic E-state index is 6.21. The standard InChI is InChI=1S/C15H12Br2ClIO2/c1-20-12-6-4-9(15(21-2)14(12)17)13(16)8-3-5-11(19)10(18)7-8/h3-7,13H,1-2H3. The van der Waals surface area contributed by atoms with Gasteiger partial charge in [0.15, 0.2) is 0 Å². The van der Waals surface area contributed by atoms with Gasteiger partial charge < -0.3 is 9.47 Å². The molecule has 2 nitrogen and oxygen atoms in total. The molecule has 0 saturated heterocycles. The first kappa shape index (κ1) is 17.4. The Kier molecular flexibility index (Phi) is 6.23. The molecule has 0 aliphatic rings. The van der Waals surface area contributed by atoms with E-state index >= 15 is 0 Å². The van der Waals surface area contributed by atoms with Crippen molar-refractivity contribution in [3.8, 4) is 11.5 Å². The van der Waals surface area contributed by atoms with Crippen molar-refractivity contribution in [3.05, 3.63) is 54.5 Å². The Morgan fingerprint density at radius 1 is 1.14 bits per heavy atom. The Bertz CT molecular complexity index is 664. The summed E-state index contributed by atoms with van der Waals surface area (Å²) in [5.74, 6) is 1.47. The van der Waals surface area contributed by atoms with E-state index in [0.29, 0.717) is 0 Å². The molecule has 112 valence electrons. The normalized spacial score (nSPS) is 12.1. The highest BCUT2D eigenvalue weighted by Gasteiger charge is 2.20. The summed E-state index contributed by atoms with van der Waals surface area (Å²) >= 11 is 15.7. The molecule has 2 aromatic carbocycles. The zero-order valence-electron chi connectivity index (χ0n) is 11.3. The molecular weight excluding hydrogens is 534 g/mol. The molecule has 0 heterocycles. The number of ether oxygens (including phenoxy) is 2. The largest absolute Gasteiger partial charge is 0.495 e. The topological polar surface area (TPSA) is 18.5 Å². The second-order valence-corrected chi connectivity index (χ2v) is 7.52. The van der Waals surface area contributed by atoms with Gasteiger partial charge in [-0.3, -0.25) is 0 Å². The minimum atomic E-state index is -0.0239. The van der Waals surface area contributed by atoms with Crippen molar-refractivity contribution in [3.63, 3.8) is 0 Å². The van der Waals surface area contributed by atoms with Crippen molar-refractivity contribution in [2.75, 3.05) is 14.2 Å². The Balaban J connectivity index is 2.50. The number of benzene rings is 2. The molecule has 0 spiro atoms. The fourth-order valence-corrected chi connectivity index (χ4v) is 3.82. The number of rotatable bonds is 4. The fraction of sp³-hybridized carbons (Fsp3) is 0.200. The van der Waals surface area contributed by atoms with Gasteiger partial charge in [0, 0.05) is 9.13 Å². The summed E-state index contributed by atoms with van der Waals surface area (Å²) in [5.41, 5.74) is 2.07. The van der Waals surface area contributed by atoms with Gasteiger partial charge in [-0.05, 0) is 62.3 Å². The lowest BCUT2D eigenvalue weighted by Gasteiger charge is -2.18. The van der Waals surface area contributed by atoms with Gasteiger partial charge in [-0.15, -0.1) is 0 Å². The Morgan fingerprint density at radius 2 is 1.86 bits per heavy atom. The third-order valence-electron chi connectivity index (χ3n) is 3.03. The summed E-state index contributed by atoms with van der Waals surface area (Å²) in [6.45, 7) is 0. The molecular formula is C15H12Br2ClIO2. The molecule has 0 aliphatic carbocycles. The lowest BCUT2D eigenvalue weighted by Crippen LogP contribution is -1.99. The van der Waals surface area contributed by atoms with E-state index in [4.69, 9.17) is 21.1 Å². The van der Waals surface area contributed by atoms with Gasteiger partial charge in [-0.25, -0.2) is 0 Å². The Morgan fingerprint density at radius 3 is 2.43 bits per heavy atom. The van der Waals surface area contributed by atoms with Crippen molar-refractivity contribution in [2.24, 2.45) is 0 Å². The van der Waals surface area contributed by atoms with E-state index in [-0.39, 0.29) is 4.83 Å². The van der Waals surface area contributed by atoms with Crippen LogP contribution in [-0.4, -0.2) is 14.2 Å². The van der Waals surface area contributed by atoms with Gasteiger partial charge in [0.25, 0.3) is 0 Å². The molecule has 2 aromatic rings. The predicted molar refractivity (Wildman–Crippen MR) is 102 cm³/mol. The zero-order valence-corrected chi connectivity index (χ0v) is 17.4. The first-order valence-corrected chi connectivity index (χ1v) is 9.15. The van der Waals surface area contributed by atoms with Crippen LogP contribution < -0.4 is 9.47 Å². The monoisotopic (exact) mass is 544 g/mol. The summed E-state index contributed by atoms with van der Waals surface area (Å²) in [6.07, 6.45) is 0. The van der Waals surface area contributed by atoms with E-state index in [0.717, 1.165) is 35.7 Å². The van der Waals surface area contributed by atoms with Gasteiger partial charge in [0.1, 0.15) is 16.0 Å². The molecule has 21 heavy (non-hydrogen) atoms. The maximum absolute atomic E-state index is 6.21. The van der Waals surface area contributed by atoms with Crippen LogP contribution >= 0.6 is 66.1 Å². The van der Waals surface area contributed by atoms with Crippen molar-refractivity contribution in [1.82, 2.24) is 0 Å². The quantitative estimate of drug-likeness (QED) is 0.336. The van der Waals surface area contributed by atoms with E-state index in [9.17, 15) is 0 Å². The van der Waals surface area contributed by atoms with Crippen LogP contribution in [0.2, 0.25) is 5.02 Å². The minimum absolute atomic E-state index is 0.0239. The number of halogens is 4. The molecule has 6 heteroatoms. The number of methoxy groups -OCH3 is 2. The molecule has 0 fully saturated rings. The molecule has 0 radical (unpaired) electrons. The molecule has 0 saturated carbocycles. The van der Waals surface area contributed by atoms with E-state index in [1.807, 2.05) is 30.3 Å². The third kappa shape index (κ3) is 3.68. The first-order chi connectivity index (χ1) is 9.99. The van der Waals surface area contributed by atoms with Crippen LogP contribution in [0.25, 0.3) is 0 Å². The van der Waals surface area contributed by atoms with Crippen molar-refractivity contribution in [2.45, 2.75) is 4.83 Å². The van der Waals surface area contributed by atoms with Gasteiger partial charge in [-0.1, -0.05) is 39.7 Å². The molecule has 1 atom stereocenters. The SMILES string of the molecule is COc1ccc(C(Br)c2ccc(I)c(Cl)c2)c(OC)c1Br. The van der Waals surface area contributed by atoms with Crippen molar-refractivity contribution in [1.29, 1.82) is 0 Å². The number of alkyl halides is 1. The lowest BCUT2D eigenvalue weighted by atomic mass is 10.0. The average Bonchev–Trinajstić information content (AvgIpc) is 2.49. The molecule has 0 aliphatic heterocycles. The van der Waals surface area contributed by atoms with Crippen molar-refractivity contribution >= 4 is 66.1 Å². The lowest BCUT2D eigenvalue weighted by molar-refractivity contribution is 0.386. The Labute approximate surface area is 159 Å². The smallest absolute Gasteiger partial charge is 0.141 e. The van der Waals surface area contributed by atoms with Crippen LogP contribution in [0, 0.1) is 3.57 Å². The van der Waals surface area contributed by atoms with Crippen LogP contribution in [0.3, 0.4) is 0 Å². The highest BCUT2D eigenvalue weighted by Crippen LogP contribution is 2.44. The highest BCUT2D eigenvalue weighted by atomic mass is 127. The number of hydrogen-bond acceptors (Lipinski definition) is 2. The maximum Gasteiger partial charge on any atom is 0.141 e. The van der Waals surface area contributed by atoms with E-state index in [1.165, 1.54) is 0 Å². The molecule has 0 bridgehead atoms.